The van der Waals surface area contributed by atoms with E-state index in [4.69, 9.17) is 4.84 Å². The molecule has 1 amide bonds. The van der Waals surface area contributed by atoms with Gasteiger partial charge in [0.05, 0.1) is 4.90 Å². The zero-order valence-electron chi connectivity index (χ0n) is 16.0. The number of benzene rings is 1. The molecule has 0 unspecified atom stereocenters. The van der Waals surface area contributed by atoms with E-state index in [1.807, 2.05) is 6.92 Å². The zero-order valence-corrected chi connectivity index (χ0v) is 16.9. The maximum absolute atomic E-state index is 13.1. The molecule has 2 aromatic rings. The predicted molar refractivity (Wildman–Crippen MR) is 99.0 cm³/mol. The van der Waals surface area contributed by atoms with Crippen LogP contribution in [0.25, 0.3) is 0 Å². The summed E-state index contributed by atoms with van der Waals surface area (Å²) >= 11 is 0. The van der Waals surface area contributed by atoms with Gasteiger partial charge in [-0.2, -0.15) is 5.01 Å². The van der Waals surface area contributed by atoms with Crippen molar-refractivity contribution >= 4 is 27.5 Å². The Kier molecular flexibility index (Phi) is 6.94. The van der Waals surface area contributed by atoms with Crippen molar-refractivity contribution in [2.75, 3.05) is 17.9 Å². The maximum Gasteiger partial charge on any atom is 0.277 e. The smallest absolute Gasteiger partial charge is 0.277 e. The largest absolute Gasteiger partial charge is 0.297 e. The first kappa shape index (κ1) is 21.6. The molecule has 0 aliphatic carbocycles. The highest BCUT2D eigenvalue weighted by Gasteiger charge is 2.26. The lowest BCUT2D eigenvalue weighted by Gasteiger charge is -2.22. The number of tetrazole rings is 1. The van der Waals surface area contributed by atoms with Crippen molar-refractivity contribution < 1.29 is 22.8 Å². The van der Waals surface area contributed by atoms with Crippen molar-refractivity contribution in [3.63, 3.8) is 0 Å². The first-order chi connectivity index (χ1) is 13.1. The number of carbonyl (C=O) groups is 2. The molecule has 28 heavy (non-hydrogen) atoms. The molecule has 12 heteroatoms. The molecule has 0 atom stereocenters. The fourth-order valence-corrected chi connectivity index (χ4v) is 3.02. The van der Waals surface area contributed by atoms with E-state index in [9.17, 15) is 18.0 Å². The zero-order chi connectivity index (χ0) is 20.9. The minimum atomic E-state index is -3.41. The SMILES string of the molecule is CCCn1nnnc1N(NOCC(C)=O)C(=O)c1ccc(S(C)(=O)=O)cc1C. The quantitative estimate of drug-likeness (QED) is 0.585. The molecule has 152 valence electrons. The highest BCUT2D eigenvalue weighted by Crippen LogP contribution is 2.19. The molecule has 0 saturated heterocycles. The van der Waals surface area contributed by atoms with Gasteiger partial charge in [0, 0.05) is 18.4 Å². The Morgan fingerprint density at radius 2 is 2.04 bits per heavy atom. The van der Waals surface area contributed by atoms with Gasteiger partial charge in [0.25, 0.3) is 11.9 Å². The number of anilines is 1. The Labute approximate surface area is 162 Å². The van der Waals surface area contributed by atoms with E-state index in [0.717, 1.165) is 17.7 Å². The van der Waals surface area contributed by atoms with Crippen LogP contribution in [0, 0.1) is 6.92 Å². The Morgan fingerprint density at radius 1 is 1.32 bits per heavy atom. The number of hydrazine groups is 1. The molecule has 0 aliphatic heterocycles. The molecule has 0 aliphatic rings. The summed E-state index contributed by atoms with van der Waals surface area (Å²) in [6.07, 6.45) is 1.81. The molecule has 1 aromatic heterocycles. The number of carbonyl (C=O) groups excluding carboxylic acids is 2. The summed E-state index contributed by atoms with van der Waals surface area (Å²) in [6.45, 7) is 5.05. The molecule has 0 fully saturated rings. The lowest BCUT2D eigenvalue weighted by Crippen LogP contribution is -2.45. The monoisotopic (exact) mass is 410 g/mol. The Hall–Kier alpha value is -2.70. The van der Waals surface area contributed by atoms with Crippen molar-refractivity contribution in [1.82, 2.24) is 25.8 Å². The van der Waals surface area contributed by atoms with Crippen LogP contribution in [-0.2, 0) is 26.0 Å². The summed E-state index contributed by atoms with van der Waals surface area (Å²) in [7, 11) is -3.41. The Balaban J connectivity index is 2.40. The summed E-state index contributed by atoms with van der Waals surface area (Å²) < 4.78 is 24.8. The first-order valence-corrected chi connectivity index (χ1v) is 10.3. The van der Waals surface area contributed by atoms with Gasteiger partial charge < -0.3 is 0 Å². The van der Waals surface area contributed by atoms with Gasteiger partial charge >= 0.3 is 0 Å². The maximum atomic E-state index is 13.1. The van der Waals surface area contributed by atoms with Crippen LogP contribution in [0.5, 0.6) is 0 Å². The second-order valence-electron chi connectivity index (χ2n) is 6.17. The molecule has 1 N–H and O–H groups in total. The minimum Gasteiger partial charge on any atom is -0.297 e. The van der Waals surface area contributed by atoms with Gasteiger partial charge in [-0.05, 0) is 54.5 Å². The Morgan fingerprint density at radius 3 is 2.61 bits per heavy atom. The van der Waals surface area contributed by atoms with Gasteiger partial charge in [-0.3, -0.25) is 14.4 Å². The van der Waals surface area contributed by atoms with Crippen molar-refractivity contribution in [3.05, 3.63) is 29.3 Å². The molecule has 0 radical (unpaired) electrons. The number of aryl methyl sites for hydroxylation is 2. The Bertz CT molecular complexity index is 972. The van der Waals surface area contributed by atoms with E-state index in [1.165, 1.54) is 29.8 Å². The number of rotatable bonds is 9. The minimum absolute atomic E-state index is 0.0713. The molecular formula is C16H22N6O5S. The number of ketones is 1. The van der Waals surface area contributed by atoms with Crippen molar-refractivity contribution in [3.8, 4) is 0 Å². The van der Waals surface area contributed by atoms with E-state index in [-0.39, 0.29) is 28.8 Å². The van der Waals surface area contributed by atoms with Crippen LogP contribution in [-0.4, -0.2) is 53.2 Å². The number of hydrogen-bond donors (Lipinski definition) is 1. The number of hydrogen-bond acceptors (Lipinski definition) is 9. The van der Waals surface area contributed by atoms with E-state index in [2.05, 4.69) is 21.1 Å². The van der Waals surface area contributed by atoms with Gasteiger partial charge in [-0.1, -0.05) is 12.0 Å². The highest BCUT2D eigenvalue weighted by molar-refractivity contribution is 7.90. The number of nitrogens with one attached hydrogen (secondary N) is 1. The van der Waals surface area contributed by atoms with Gasteiger partial charge in [-0.15, -0.1) is 5.59 Å². The van der Waals surface area contributed by atoms with Gasteiger partial charge in [0.2, 0.25) is 0 Å². The van der Waals surface area contributed by atoms with E-state index in [1.54, 1.807) is 6.92 Å². The van der Waals surface area contributed by atoms with Crippen molar-refractivity contribution in [1.29, 1.82) is 0 Å². The van der Waals surface area contributed by atoms with Crippen LogP contribution in [0.3, 0.4) is 0 Å². The van der Waals surface area contributed by atoms with E-state index < -0.39 is 15.7 Å². The molecule has 2 rings (SSSR count). The first-order valence-electron chi connectivity index (χ1n) is 8.43. The molecule has 0 saturated carbocycles. The summed E-state index contributed by atoms with van der Waals surface area (Å²) in [6, 6.07) is 4.16. The third-order valence-electron chi connectivity index (χ3n) is 3.64. The fourth-order valence-electron chi connectivity index (χ4n) is 2.32. The lowest BCUT2D eigenvalue weighted by atomic mass is 10.1. The standard InChI is InChI=1S/C16H22N6O5S/c1-5-8-21-16(17-18-19-21)22(20-27-10-12(3)23)15(24)14-7-6-13(9-11(14)2)28(4,25)26/h6-7,9,20H,5,8,10H2,1-4H3. The average Bonchev–Trinajstić information content (AvgIpc) is 3.05. The normalized spacial score (nSPS) is 11.4. The highest BCUT2D eigenvalue weighted by atomic mass is 32.2. The van der Waals surface area contributed by atoms with Crippen LogP contribution in [0.2, 0.25) is 0 Å². The average molecular weight is 410 g/mol. The van der Waals surface area contributed by atoms with Crippen LogP contribution < -0.4 is 10.6 Å². The molecule has 1 heterocycles. The number of amides is 1. The van der Waals surface area contributed by atoms with Crippen LogP contribution in [0.15, 0.2) is 23.1 Å². The topological polar surface area (TPSA) is 136 Å². The van der Waals surface area contributed by atoms with E-state index in [0.29, 0.717) is 12.1 Å². The number of aromatic nitrogens is 4. The lowest BCUT2D eigenvalue weighted by molar-refractivity contribution is -0.124. The molecule has 0 spiro atoms. The third-order valence-corrected chi connectivity index (χ3v) is 4.75. The predicted octanol–water partition coefficient (Wildman–Crippen LogP) is 0.467. The van der Waals surface area contributed by atoms with Gasteiger partial charge in [0.15, 0.2) is 15.6 Å². The number of sulfone groups is 1. The van der Waals surface area contributed by atoms with E-state index >= 15 is 0 Å². The number of Topliss-reactive ketones (excluding diaryl/α,β-unsaturated/α-hetero) is 1. The van der Waals surface area contributed by atoms with Crippen molar-refractivity contribution in [2.24, 2.45) is 0 Å². The summed E-state index contributed by atoms with van der Waals surface area (Å²) in [5, 5.41) is 12.2. The van der Waals surface area contributed by atoms with Gasteiger partial charge in [0.1, 0.15) is 6.61 Å². The van der Waals surface area contributed by atoms with Crippen molar-refractivity contribution in [2.45, 2.75) is 38.6 Å². The summed E-state index contributed by atoms with van der Waals surface area (Å²) in [5.41, 5.74) is 3.07. The molecule has 1 aromatic carbocycles. The third kappa shape index (κ3) is 5.18. The van der Waals surface area contributed by atoms with Crippen LogP contribution >= 0.6 is 0 Å². The summed E-state index contributed by atoms with van der Waals surface area (Å²) in [5.74, 6) is -0.753. The molecular weight excluding hydrogens is 388 g/mol. The summed E-state index contributed by atoms with van der Waals surface area (Å²) in [4.78, 5) is 29.4. The molecule has 11 nitrogen and oxygen atoms in total. The number of nitrogens with zero attached hydrogens (tertiary/aromatic N) is 5. The molecule has 0 bridgehead atoms. The van der Waals surface area contributed by atoms with Crippen LogP contribution in [0.1, 0.15) is 36.2 Å². The van der Waals surface area contributed by atoms with Crippen LogP contribution in [0.4, 0.5) is 5.95 Å². The second kappa shape index (κ2) is 8.99. The fraction of sp³-hybridized carbons (Fsp3) is 0.438. The second-order valence-corrected chi connectivity index (χ2v) is 8.19. The van der Waals surface area contributed by atoms with Gasteiger partial charge in [-0.25, -0.2) is 13.1 Å².